The Bertz CT molecular complexity index is 402. The smallest absolute Gasteiger partial charge is 0.254 e. The molecule has 0 aromatic carbocycles. The van der Waals surface area contributed by atoms with E-state index in [1.54, 1.807) is 11.4 Å². The molecule has 0 bridgehead atoms. The molecule has 0 saturated heterocycles. The zero-order chi connectivity index (χ0) is 9.90. The van der Waals surface area contributed by atoms with Crippen molar-refractivity contribution in [2.75, 3.05) is 6.54 Å². The zero-order valence-corrected chi connectivity index (χ0v) is 8.31. The molecule has 0 spiro atoms. The quantitative estimate of drug-likeness (QED) is 0.447. The fourth-order valence-electron chi connectivity index (χ4n) is 0.701. The number of sulfonamides is 1. The van der Waals surface area contributed by atoms with Gasteiger partial charge in [-0.05, 0) is 11.4 Å². The van der Waals surface area contributed by atoms with Gasteiger partial charge in [0, 0.05) is 0 Å². The van der Waals surface area contributed by atoms with Crippen LogP contribution < -0.4 is 5.84 Å². The summed E-state index contributed by atoms with van der Waals surface area (Å²) >= 11 is 1.11. The number of hydrazine groups is 1. The van der Waals surface area contributed by atoms with Gasteiger partial charge in [0.15, 0.2) is 0 Å². The van der Waals surface area contributed by atoms with Crippen LogP contribution in [0.25, 0.3) is 0 Å². The van der Waals surface area contributed by atoms with E-state index in [-0.39, 0.29) is 10.8 Å². The van der Waals surface area contributed by atoms with Gasteiger partial charge in [0.2, 0.25) is 0 Å². The van der Waals surface area contributed by atoms with E-state index in [4.69, 9.17) is 12.3 Å². The summed E-state index contributed by atoms with van der Waals surface area (Å²) in [5, 5.41) is 1.66. The lowest BCUT2D eigenvalue weighted by atomic mass is 10.7. The summed E-state index contributed by atoms with van der Waals surface area (Å²) in [5.41, 5.74) is 0. The van der Waals surface area contributed by atoms with Crippen LogP contribution in [0.3, 0.4) is 0 Å². The maximum Gasteiger partial charge on any atom is 0.265 e. The van der Waals surface area contributed by atoms with Crippen LogP contribution in [0.2, 0.25) is 0 Å². The van der Waals surface area contributed by atoms with Crippen LogP contribution in [-0.4, -0.2) is 19.4 Å². The van der Waals surface area contributed by atoms with Gasteiger partial charge in [0.05, 0.1) is 6.54 Å². The minimum atomic E-state index is -3.57. The summed E-state index contributed by atoms with van der Waals surface area (Å²) in [6.07, 6.45) is 4.95. The summed E-state index contributed by atoms with van der Waals surface area (Å²) in [6, 6.07) is 3.12. The van der Waals surface area contributed by atoms with Crippen LogP contribution >= 0.6 is 11.3 Å². The molecule has 70 valence electrons. The molecule has 1 heterocycles. The molecule has 1 aromatic rings. The van der Waals surface area contributed by atoms with Gasteiger partial charge < -0.3 is 0 Å². The number of nitrogens with two attached hydrogens (primary N) is 1. The molecule has 1 rings (SSSR count). The summed E-state index contributed by atoms with van der Waals surface area (Å²) in [7, 11) is -3.57. The van der Waals surface area contributed by atoms with Crippen molar-refractivity contribution in [3.05, 3.63) is 17.5 Å². The lowest BCUT2D eigenvalue weighted by Gasteiger charge is -2.11. The van der Waals surface area contributed by atoms with Gasteiger partial charge in [-0.2, -0.15) is 0 Å². The van der Waals surface area contributed by atoms with Crippen molar-refractivity contribution in [2.24, 2.45) is 5.84 Å². The van der Waals surface area contributed by atoms with E-state index >= 15 is 0 Å². The number of thiophene rings is 1. The highest BCUT2D eigenvalue weighted by atomic mass is 32.2. The largest absolute Gasteiger partial charge is 0.265 e. The Balaban J connectivity index is 2.98. The highest BCUT2D eigenvalue weighted by Crippen LogP contribution is 2.18. The van der Waals surface area contributed by atoms with Gasteiger partial charge >= 0.3 is 0 Å². The van der Waals surface area contributed by atoms with Gasteiger partial charge in [-0.15, -0.1) is 22.2 Å². The molecule has 4 nitrogen and oxygen atoms in total. The summed E-state index contributed by atoms with van der Waals surface area (Å²) in [4.78, 5) is 0. The molecule has 0 aliphatic heterocycles. The highest BCUT2D eigenvalue weighted by Gasteiger charge is 2.21. The lowest BCUT2D eigenvalue weighted by Crippen LogP contribution is -2.37. The van der Waals surface area contributed by atoms with E-state index in [2.05, 4.69) is 5.92 Å². The molecular formula is C7H8N2O2S2. The first-order valence-corrected chi connectivity index (χ1v) is 5.65. The molecule has 0 aliphatic carbocycles. The first-order valence-electron chi connectivity index (χ1n) is 3.33. The summed E-state index contributed by atoms with van der Waals surface area (Å²) < 4.78 is 23.8. The first-order chi connectivity index (χ1) is 6.09. The molecule has 1 aromatic heterocycles. The summed E-state index contributed by atoms with van der Waals surface area (Å²) in [6.45, 7) is -0.125. The normalized spacial score (nSPS) is 11.5. The van der Waals surface area contributed by atoms with E-state index in [1.165, 1.54) is 6.07 Å². The molecule has 2 N–H and O–H groups in total. The second kappa shape index (κ2) is 3.89. The first kappa shape index (κ1) is 10.2. The molecule has 0 aliphatic rings. The third-order valence-electron chi connectivity index (χ3n) is 1.31. The Morgan fingerprint density at radius 1 is 1.69 bits per heavy atom. The van der Waals surface area contributed by atoms with E-state index < -0.39 is 10.0 Å². The maximum atomic E-state index is 11.5. The number of hydrogen-bond acceptors (Lipinski definition) is 4. The zero-order valence-electron chi connectivity index (χ0n) is 6.67. The second-order valence-corrected chi connectivity index (χ2v) is 5.25. The predicted octanol–water partition coefficient (Wildman–Crippen LogP) is 0.246. The molecule has 0 radical (unpaired) electrons. The van der Waals surface area contributed by atoms with Gasteiger partial charge in [-0.3, -0.25) is 5.84 Å². The van der Waals surface area contributed by atoms with Crippen molar-refractivity contribution >= 4 is 21.4 Å². The fraction of sp³-hybridized carbons (Fsp3) is 0.143. The third-order valence-corrected chi connectivity index (χ3v) is 4.28. The molecule has 0 atom stereocenters. The van der Waals surface area contributed by atoms with Crippen molar-refractivity contribution in [3.8, 4) is 12.3 Å². The van der Waals surface area contributed by atoms with Crippen molar-refractivity contribution in [3.63, 3.8) is 0 Å². The van der Waals surface area contributed by atoms with Gasteiger partial charge in [0.1, 0.15) is 4.21 Å². The Kier molecular flexibility index (Phi) is 3.06. The Morgan fingerprint density at radius 2 is 2.38 bits per heavy atom. The van der Waals surface area contributed by atoms with Crippen LogP contribution in [0.15, 0.2) is 21.7 Å². The topological polar surface area (TPSA) is 63.4 Å². The Hall–Kier alpha value is -0.870. The number of rotatable bonds is 3. The van der Waals surface area contributed by atoms with Gasteiger partial charge in [0.25, 0.3) is 10.0 Å². The standard InChI is InChI=1S/C7H8N2O2S2/c1-2-5-9(8)13(10,11)7-4-3-6-12-7/h1,3-4,6H,5,8H2. The van der Waals surface area contributed by atoms with Crippen LogP contribution in [0.5, 0.6) is 0 Å². The Labute approximate surface area is 81.0 Å². The minimum absolute atomic E-state index is 0.125. The van der Waals surface area contributed by atoms with Gasteiger partial charge in [-0.1, -0.05) is 12.0 Å². The molecule has 0 amide bonds. The number of nitrogens with zero attached hydrogens (tertiary/aromatic N) is 1. The van der Waals surface area contributed by atoms with E-state index in [0.29, 0.717) is 4.41 Å². The van der Waals surface area contributed by atoms with Crippen molar-refractivity contribution in [2.45, 2.75) is 4.21 Å². The average molecular weight is 216 g/mol. The van der Waals surface area contributed by atoms with Crippen molar-refractivity contribution < 1.29 is 8.42 Å². The highest BCUT2D eigenvalue weighted by molar-refractivity contribution is 7.91. The van der Waals surface area contributed by atoms with Crippen molar-refractivity contribution in [1.29, 1.82) is 0 Å². The predicted molar refractivity (Wildman–Crippen MR) is 51.2 cm³/mol. The fourth-order valence-corrected chi connectivity index (χ4v) is 2.82. The molecule has 0 fully saturated rings. The second-order valence-electron chi connectivity index (χ2n) is 2.19. The van der Waals surface area contributed by atoms with Gasteiger partial charge in [-0.25, -0.2) is 8.42 Å². The third kappa shape index (κ3) is 2.08. The number of hydrogen-bond donors (Lipinski definition) is 1. The molecule has 13 heavy (non-hydrogen) atoms. The maximum absolute atomic E-state index is 11.5. The van der Waals surface area contributed by atoms with E-state index in [0.717, 1.165) is 11.3 Å². The molecular weight excluding hydrogens is 208 g/mol. The van der Waals surface area contributed by atoms with Crippen molar-refractivity contribution in [1.82, 2.24) is 4.41 Å². The molecule has 6 heteroatoms. The summed E-state index contributed by atoms with van der Waals surface area (Å²) in [5.74, 6) is 7.42. The molecule has 0 unspecified atom stereocenters. The average Bonchev–Trinajstić information content (AvgIpc) is 2.56. The SMILES string of the molecule is C#CCN(N)S(=O)(=O)c1cccs1. The monoisotopic (exact) mass is 216 g/mol. The van der Waals surface area contributed by atoms with Crippen LogP contribution in [0.1, 0.15) is 0 Å². The number of terminal acetylenes is 1. The van der Waals surface area contributed by atoms with E-state index in [1.807, 2.05) is 0 Å². The van der Waals surface area contributed by atoms with Crippen LogP contribution in [-0.2, 0) is 10.0 Å². The lowest BCUT2D eigenvalue weighted by molar-refractivity contribution is 0.465. The van der Waals surface area contributed by atoms with Crippen LogP contribution in [0, 0.1) is 12.3 Å². The van der Waals surface area contributed by atoms with E-state index in [9.17, 15) is 8.42 Å². The Morgan fingerprint density at radius 3 is 2.85 bits per heavy atom. The molecule has 0 saturated carbocycles. The minimum Gasteiger partial charge on any atom is -0.254 e. The van der Waals surface area contributed by atoms with Crippen LogP contribution in [0.4, 0.5) is 0 Å².